The highest BCUT2D eigenvalue weighted by molar-refractivity contribution is 6.29. The van der Waals surface area contributed by atoms with E-state index in [9.17, 15) is 9.18 Å². The van der Waals surface area contributed by atoms with Crippen molar-refractivity contribution in [2.24, 2.45) is 0 Å². The summed E-state index contributed by atoms with van der Waals surface area (Å²) in [4.78, 5) is 24.8. The summed E-state index contributed by atoms with van der Waals surface area (Å²) in [5, 5.41) is 7.35. The first-order valence-electron chi connectivity index (χ1n) is 8.89. The number of hydrogen-bond donors (Lipinski definition) is 1. The smallest absolute Gasteiger partial charge is 0.360 e. The number of hydrogen-bond acceptors (Lipinski definition) is 8. The van der Waals surface area contributed by atoms with Crippen LogP contribution in [0.25, 0.3) is 11.0 Å². The van der Waals surface area contributed by atoms with E-state index in [-0.39, 0.29) is 23.1 Å². The number of methoxy groups -OCH3 is 1. The third-order valence-corrected chi connectivity index (χ3v) is 4.14. The molecule has 3 heterocycles. The van der Waals surface area contributed by atoms with Crippen LogP contribution in [0.2, 0.25) is 5.28 Å². The van der Waals surface area contributed by atoms with Gasteiger partial charge in [-0.2, -0.15) is 10.1 Å². The highest BCUT2D eigenvalue weighted by atomic mass is 35.5. The van der Waals surface area contributed by atoms with Gasteiger partial charge in [0.15, 0.2) is 11.5 Å². The number of alkyl halides is 1. The van der Waals surface area contributed by atoms with Gasteiger partial charge < -0.3 is 14.8 Å². The van der Waals surface area contributed by atoms with Gasteiger partial charge in [0.2, 0.25) is 5.28 Å². The zero-order valence-electron chi connectivity index (χ0n) is 16.0. The molecule has 0 fully saturated rings. The third kappa shape index (κ3) is 4.96. The van der Waals surface area contributed by atoms with Crippen molar-refractivity contribution in [2.75, 3.05) is 32.3 Å². The number of halogens is 2. The highest BCUT2D eigenvalue weighted by Crippen LogP contribution is 2.27. The first-order chi connectivity index (χ1) is 14.0. The Morgan fingerprint density at radius 1 is 1.34 bits per heavy atom. The van der Waals surface area contributed by atoms with Crippen LogP contribution in [0.4, 0.5) is 16.0 Å². The lowest BCUT2D eigenvalue weighted by Crippen LogP contribution is -2.11. The van der Waals surface area contributed by atoms with E-state index in [1.165, 1.54) is 11.8 Å². The van der Waals surface area contributed by atoms with Crippen LogP contribution in [-0.2, 0) is 16.0 Å². The van der Waals surface area contributed by atoms with Gasteiger partial charge in [0.1, 0.15) is 16.9 Å². The topological polar surface area (TPSA) is 104 Å². The van der Waals surface area contributed by atoms with Crippen LogP contribution in [0.3, 0.4) is 0 Å². The van der Waals surface area contributed by atoms with E-state index in [0.29, 0.717) is 36.7 Å². The Labute approximate surface area is 171 Å². The van der Waals surface area contributed by atoms with Crippen molar-refractivity contribution in [1.29, 1.82) is 0 Å². The quantitative estimate of drug-likeness (QED) is 0.318. The second-order valence-corrected chi connectivity index (χ2v) is 6.44. The van der Waals surface area contributed by atoms with Crippen LogP contribution in [-0.4, -0.2) is 57.7 Å². The Balaban J connectivity index is 2.02. The molecule has 3 aromatic rings. The number of pyridine rings is 1. The first-order valence-corrected chi connectivity index (χ1v) is 9.27. The molecule has 0 amide bonds. The molecule has 0 aliphatic carbocycles. The Bertz CT molecular complexity index is 1010. The van der Waals surface area contributed by atoms with Crippen LogP contribution < -0.4 is 5.32 Å². The number of carbonyl (C=O) groups excluding carboxylic acids is 1. The number of ether oxygens (including phenoxy) is 2. The fourth-order valence-corrected chi connectivity index (χ4v) is 2.84. The van der Waals surface area contributed by atoms with Crippen molar-refractivity contribution >= 4 is 40.2 Å². The summed E-state index contributed by atoms with van der Waals surface area (Å²) < 4.78 is 24.0. The number of rotatable bonds is 9. The number of nitrogens with zero attached hydrogens (tertiary/aromatic N) is 5. The van der Waals surface area contributed by atoms with Gasteiger partial charge in [-0.15, -0.1) is 0 Å². The predicted octanol–water partition coefficient (Wildman–Crippen LogP) is 3.09. The third-order valence-electron chi connectivity index (χ3n) is 3.97. The molecule has 0 aliphatic rings. The standard InChI is InChI=1S/C18H20ClFN6O3/c1-11-4-6-21-12(10-11)22-16-15-13(23-18(19)24-16)14(17(27)28-2)25-26(15)7-9-29-8-3-5-20/h4,6,10H,3,5,7-9H2,1-2H3,(H,21,22,23,24). The summed E-state index contributed by atoms with van der Waals surface area (Å²) in [6.45, 7) is 2.34. The molecule has 0 bridgehead atoms. The normalized spacial score (nSPS) is 11.0. The number of anilines is 2. The molecule has 0 saturated carbocycles. The van der Waals surface area contributed by atoms with Crippen LogP contribution >= 0.6 is 11.6 Å². The monoisotopic (exact) mass is 422 g/mol. The second kappa shape index (κ2) is 9.57. The van der Waals surface area contributed by atoms with Crippen molar-refractivity contribution in [2.45, 2.75) is 19.9 Å². The van der Waals surface area contributed by atoms with Crippen molar-refractivity contribution in [1.82, 2.24) is 24.7 Å². The van der Waals surface area contributed by atoms with Gasteiger partial charge in [-0.1, -0.05) is 0 Å². The van der Waals surface area contributed by atoms with Crippen LogP contribution in [0, 0.1) is 6.92 Å². The molecule has 0 spiro atoms. The van der Waals surface area contributed by atoms with E-state index >= 15 is 0 Å². The number of esters is 1. The molecule has 0 atom stereocenters. The lowest BCUT2D eigenvalue weighted by Gasteiger charge is -2.10. The van der Waals surface area contributed by atoms with E-state index in [2.05, 4.69) is 25.4 Å². The number of aryl methyl sites for hydroxylation is 1. The molecule has 9 nitrogen and oxygen atoms in total. The molecule has 154 valence electrons. The van der Waals surface area contributed by atoms with Crippen molar-refractivity contribution in [3.05, 3.63) is 34.9 Å². The Morgan fingerprint density at radius 2 is 2.17 bits per heavy atom. The van der Waals surface area contributed by atoms with Crippen LogP contribution in [0.5, 0.6) is 0 Å². The Kier molecular flexibility index (Phi) is 6.89. The minimum atomic E-state index is -0.651. The maximum atomic E-state index is 12.2. The first kappa shape index (κ1) is 20.9. The molecule has 3 aromatic heterocycles. The van der Waals surface area contributed by atoms with Crippen LogP contribution in [0.15, 0.2) is 18.3 Å². The predicted molar refractivity (Wildman–Crippen MR) is 105 cm³/mol. The summed E-state index contributed by atoms with van der Waals surface area (Å²) in [6, 6.07) is 3.70. The molecular formula is C18H20ClFN6O3. The number of fused-ring (bicyclic) bond motifs is 1. The molecule has 0 saturated heterocycles. The molecule has 29 heavy (non-hydrogen) atoms. The molecule has 3 rings (SSSR count). The number of nitrogens with one attached hydrogen (secondary N) is 1. The Hall–Kier alpha value is -2.85. The molecular weight excluding hydrogens is 403 g/mol. The molecule has 11 heteroatoms. The fraction of sp³-hybridized carbons (Fsp3) is 0.389. The average Bonchev–Trinajstić information content (AvgIpc) is 3.05. The van der Waals surface area contributed by atoms with E-state index in [1.54, 1.807) is 6.20 Å². The van der Waals surface area contributed by atoms with E-state index in [0.717, 1.165) is 5.56 Å². The Morgan fingerprint density at radius 3 is 2.90 bits per heavy atom. The molecule has 0 radical (unpaired) electrons. The summed E-state index contributed by atoms with van der Waals surface area (Å²) in [7, 11) is 1.26. The summed E-state index contributed by atoms with van der Waals surface area (Å²) in [5.41, 5.74) is 1.71. The zero-order chi connectivity index (χ0) is 20.8. The van der Waals surface area contributed by atoms with Gasteiger partial charge >= 0.3 is 5.97 Å². The van der Waals surface area contributed by atoms with E-state index < -0.39 is 12.6 Å². The molecule has 1 N–H and O–H groups in total. The lowest BCUT2D eigenvalue weighted by molar-refractivity contribution is 0.0593. The average molecular weight is 423 g/mol. The van der Waals surface area contributed by atoms with Gasteiger partial charge in [-0.05, 0) is 42.6 Å². The SMILES string of the molecule is COC(=O)c1nn(CCOCCCF)c2c(Nc3cc(C)ccn3)nc(Cl)nc12. The molecule has 0 aromatic carbocycles. The van der Waals surface area contributed by atoms with Gasteiger partial charge in [0.25, 0.3) is 0 Å². The lowest BCUT2D eigenvalue weighted by atomic mass is 10.3. The minimum Gasteiger partial charge on any atom is -0.464 e. The van der Waals surface area contributed by atoms with Gasteiger partial charge in [0.05, 0.1) is 26.9 Å². The fourth-order valence-electron chi connectivity index (χ4n) is 2.67. The maximum Gasteiger partial charge on any atom is 0.360 e. The minimum absolute atomic E-state index is 0.0100. The second-order valence-electron chi connectivity index (χ2n) is 6.10. The molecule has 0 unspecified atom stereocenters. The summed E-state index contributed by atoms with van der Waals surface area (Å²) in [5.74, 6) is 0.235. The zero-order valence-corrected chi connectivity index (χ0v) is 16.7. The van der Waals surface area contributed by atoms with Crippen LogP contribution in [0.1, 0.15) is 22.5 Å². The van der Waals surface area contributed by atoms with Crippen molar-refractivity contribution in [3.63, 3.8) is 0 Å². The highest BCUT2D eigenvalue weighted by Gasteiger charge is 2.23. The summed E-state index contributed by atoms with van der Waals surface area (Å²) >= 11 is 6.08. The largest absolute Gasteiger partial charge is 0.464 e. The maximum absolute atomic E-state index is 12.2. The van der Waals surface area contributed by atoms with E-state index in [1.807, 2.05) is 19.1 Å². The van der Waals surface area contributed by atoms with Crippen molar-refractivity contribution < 1.29 is 18.7 Å². The van der Waals surface area contributed by atoms with E-state index in [4.69, 9.17) is 21.1 Å². The van der Waals surface area contributed by atoms with Gasteiger partial charge in [-0.3, -0.25) is 9.07 Å². The van der Waals surface area contributed by atoms with Gasteiger partial charge in [-0.25, -0.2) is 14.8 Å². The van der Waals surface area contributed by atoms with Gasteiger partial charge in [0, 0.05) is 12.8 Å². The molecule has 0 aliphatic heterocycles. The number of aromatic nitrogens is 5. The number of carbonyl (C=O) groups is 1. The summed E-state index contributed by atoms with van der Waals surface area (Å²) in [6.07, 6.45) is 1.98. The van der Waals surface area contributed by atoms with Crippen molar-refractivity contribution in [3.8, 4) is 0 Å².